The molecule has 0 saturated carbocycles. The van der Waals surface area contributed by atoms with E-state index in [1.807, 2.05) is 0 Å². The Balaban J connectivity index is 3.35. The number of aromatic nitrogens is 1. The van der Waals surface area contributed by atoms with E-state index in [1.54, 1.807) is 13.1 Å². The van der Waals surface area contributed by atoms with E-state index in [0.717, 1.165) is 4.47 Å². The lowest BCUT2D eigenvalue weighted by Gasteiger charge is -2.29. The summed E-state index contributed by atoms with van der Waals surface area (Å²) in [4.78, 5) is 4.17. The summed E-state index contributed by atoms with van der Waals surface area (Å²) in [6, 6.07) is 1.73. The highest BCUT2D eigenvalue weighted by atomic mass is 79.9. The zero-order valence-electron chi connectivity index (χ0n) is 10.0. The van der Waals surface area contributed by atoms with Gasteiger partial charge in [0, 0.05) is 28.4 Å². The smallest absolute Gasteiger partial charge is 0.314 e. The first kappa shape index (κ1) is 14.7. The lowest BCUT2D eigenvalue weighted by Crippen LogP contribution is -2.33. The summed E-state index contributed by atoms with van der Waals surface area (Å²) in [7, 11) is 6.13. The van der Waals surface area contributed by atoms with Crippen LogP contribution in [0.4, 0.5) is 5.82 Å². The van der Waals surface area contributed by atoms with E-state index in [9.17, 15) is 0 Å². The highest BCUT2D eigenvalue weighted by Gasteiger charge is 2.36. The van der Waals surface area contributed by atoms with E-state index < -0.39 is 5.97 Å². The largest absolute Gasteiger partial charge is 0.372 e. The molecule has 96 valence electrons. The Hall–Kier alpha value is -0.400. The molecule has 5 nitrogen and oxygen atoms in total. The Morgan fingerprint density at radius 2 is 1.82 bits per heavy atom. The third kappa shape index (κ3) is 2.71. The molecule has 7 heteroatoms. The number of halogens is 2. The Morgan fingerprint density at radius 3 is 2.24 bits per heavy atom. The van der Waals surface area contributed by atoms with Gasteiger partial charge in [0.25, 0.3) is 0 Å². The average Bonchev–Trinajstić information content (AvgIpc) is 2.35. The van der Waals surface area contributed by atoms with Gasteiger partial charge < -0.3 is 19.5 Å². The zero-order chi connectivity index (χ0) is 13.1. The van der Waals surface area contributed by atoms with Crippen molar-refractivity contribution in [3.05, 3.63) is 21.3 Å². The van der Waals surface area contributed by atoms with E-state index in [2.05, 4.69) is 26.2 Å². The zero-order valence-corrected chi connectivity index (χ0v) is 12.3. The molecule has 0 unspecified atom stereocenters. The minimum Gasteiger partial charge on any atom is -0.372 e. The lowest BCUT2D eigenvalue weighted by molar-refractivity contribution is -0.364. The molecular weight excluding hydrogens is 311 g/mol. The van der Waals surface area contributed by atoms with Crippen LogP contribution in [0, 0.1) is 0 Å². The fraction of sp³-hybridized carbons (Fsp3) is 0.500. The molecule has 1 aromatic heterocycles. The van der Waals surface area contributed by atoms with Crippen LogP contribution in [-0.4, -0.2) is 33.4 Å². The number of hydrogen-bond acceptors (Lipinski definition) is 5. The topological polar surface area (TPSA) is 52.6 Å². The van der Waals surface area contributed by atoms with Crippen molar-refractivity contribution in [1.82, 2.24) is 4.98 Å². The van der Waals surface area contributed by atoms with E-state index in [4.69, 9.17) is 25.8 Å². The van der Waals surface area contributed by atoms with Gasteiger partial charge in [-0.2, -0.15) is 0 Å². The van der Waals surface area contributed by atoms with Crippen LogP contribution in [0.1, 0.15) is 5.56 Å². The van der Waals surface area contributed by atoms with Gasteiger partial charge in [-0.25, -0.2) is 4.98 Å². The molecule has 0 aliphatic rings. The molecule has 0 aliphatic carbocycles. The van der Waals surface area contributed by atoms with Crippen LogP contribution in [-0.2, 0) is 20.2 Å². The highest BCUT2D eigenvalue weighted by molar-refractivity contribution is 9.10. The van der Waals surface area contributed by atoms with Gasteiger partial charge in [-0.3, -0.25) is 0 Å². The van der Waals surface area contributed by atoms with E-state index in [1.165, 1.54) is 21.3 Å². The van der Waals surface area contributed by atoms with Crippen LogP contribution in [0.3, 0.4) is 0 Å². The molecule has 0 radical (unpaired) electrons. The van der Waals surface area contributed by atoms with E-state index in [-0.39, 0.29) is 5.15 Å². The maximum atomic E-state index is 6.09. The van der Waals surface area contributed by atoms with Gasteiger partial charge in [-0.15, -0.1) is 0 Å². The van der Waals surface area contributed by atoms with Crippen molar-refractivity contribution in [2.75, 3.05) is 33.7 Å². The fourth-order valence-corrected chi connectivity index (χ4v) is 2.21. The van der Waals surface area contributed by atoms with Crippen molar-refractivity contribution >= 4 is 33.3 Å². The Kier molecular flexibility index (Phi) is 5.15. The van der Waals surface area contributed by atoms with Crippen LogP contribution in [0.5, 0.6) is 0 Å². The van der Waals surface area contributed by atoms with Gasteiger partial charge >= 0.3 is 5.97 Å². The number of ether oxygens (including phenoxy) is 3. The van der Waals surface area contributed by atoms with Gasteiger partial charge in [0.05, 0.1) is 10.0 Å². The molecule has 0 spiro atoms. The molecule has 0 aromatic carbocycles. The predicted molar refractivity (Wildman–Crippen MR) is 69.2 cm³/mol. The summed E-state index contributed by atoms with van der Waals surface area (Å²) >= 11 is 9.46. The minimum atomic E-state index is -1.36. The molecule has 1 rings (SSSR count). The number of hydrogen-bond donors (Lipinski definition) is 1. The SMILES string of the molecule is CNc1nc(Cl)c(C(OC)(OC)OC)cc1Br. The second-order valence-corrected chi connectivity index (χ2v) is 4.29. The van der Waals surface area contributed by atoms with Crippen LogP contribution < -0.4 is 5.32 Å². The van der Waals surface area contributed by atoms with E-state index in [0.29, 0.717) is 11.4 Å². The first-order chi connectivity index (χ1) is 8.04. The standard InChI is InChI=1S/C10H14BrClN2O3/c1-13-9-7(11)5-6(8(12)14-9)10(15-2,16-3)17-4/h5H,1-4H3,(H,13,14). The molecule has 1 aromatic rings. The van der Waals surface area contributed by atoms with Crippen molar-refractivity contribution in [3.63, 3.8) is 0 Å². The third-order valence-corrected chi connectivity index (χ3v) is 3.19. The normalized spacial score (nSPS) is 11.6. The summed E-state index contributed by atoms with van der Waals surface area (Å²) in [6.07, 6.45) is 0. The fourth-order valence-electron chi connectivity index (χ4n) is 1.44. The van der Waals surface area contributed by atoms with Crippen LogP contribution >= 0.6 is 27.5 Å². The van der Waals surface area contributed by atoms with Gasteiger partial charge in [-0.1, -0.05) is 11.6 Å². The van der Waals surface area contributed by atoms with E-state index >= 15 is 0 Å². The average molecular weight is 326 g/mol. The summed E-state index contributed by atoms with van der Waals surface area (Å²) in [5, 5.41) is 3.14. The van der Waals surface area contributed by atoms with Crippen molar-refractivity contribution in [2.24, 2.45) is 0 Å². The second-order valence-electron chi connectivity index (χ2n) is 3.08. The van der Waals surface area contributed by atoms with Crippen LogP contribution in [0.15, 0.2) is 10.5 Å². The molecule has 0 fully saturated rings. The number of pyridine rings is 1. The quantitative estimate of drug-likeness (QED) is 0.666. The van der Waals surface area contributed by atoms with Crippen molar-refractivity contribution < 1.29 is 14.2 Å². The molecule has 17 heavy (non-hydrogen) atoms. The van der Waals surface area contributed by atoms with Gasteiger partial charge in [0.1, 0.15) is 11.0 Å². The predicted octanol–water partition coefficient (Wildman–Crippen LogP) is 2.59. The second kappa shape index (κ2) is 5.97. The number of anilines is 1. The number of rotatable bonds is 5. The van der Waals surface area contributed by atoms with Crippen LogP contribution in [0.2, 0.25) is 5.15 Å². The third-order valence-electron chi connectivity index (χ3n) is 2.30. The highest BCUT2D eigenvalue weighted by Crippen LogP contribution is 2.35. The molecule has 0 amide bonds. The van der Waals surface area contributed by atoms with Gasteiger partial charge in [-0.05, 0) is 22.0 Å². The van der Waals surface area contributed by atoms with Gasteiger partial charge in [0.2, 0.25) is 0 Å². The first-order valence-corrected chi connectivity index (χ1v) is 5.91. The first-order valence-electron chi connectivity index (χ1n) is 4.74. The maximum absolute atomic E-state index is 6.09. The number of methoxy groups -OCH3 is 3. The summed E-state index contributed by atoms with van der Waals surface area (Å²) in [5.74, 6) is -0.741. The molecule has 1 N–H and O–H groups in total. The van der Waals surface area contributed by atoms with Crippen LogP contribution in [0.25, 0.3) is 0 Å². The molecular formula is C10H14BrClN2O3. The Morgan fingerprint density at radius 1 is 1.29 bits per heavy atom. The van der Waals surface area contributed by atoms with Crippen molar-refractivity contribution in [2.45, 2.75) is 5.97 Å². The summed E-state index contributed by atoms with van der Waals surface area (Å²) < 4.78 is 16.4. The summed E-state index contributed by atoms with van der Waals surface area (Å²) in [5.41, 5.74) is 0.484. The minimum absolute atomic E-state index is 0.239. The number of nitrogens with one attached hydrogen (secondary N) is 1. The number of nitrogens with zero attached hydrogens (tertiary/aromatic N) is 1. The molecule has 0 aliphatic heterocycles. The monoisotopic (exact) mass is 324 g/mol. The lowest BCUT2D eigenvalue weighted by atomic mass is 10.2. The molecule has 1 heterocycles. The Bertz CT molecular complexity index is 391. The molecule has 0 saturated heterocycles. The molecule has 0 atom stereocenters. The Labute approximate surface area is 114 Å². The van der Waals surface area contributed by atoms with Crippen molar-refractivity contribution in [1.29, 1.82) is 0 Å². The van der Waals surface area contributed by atoms with Crippen molar-refractivity contribution in [3.8, 4) is 0 Å². The summed E-state index contributed by atoms with van der Waals surface area (Å²) in [6.45, 7) is 0. The molecule has 0 bridgehead atoms. The van der Waals surface area contributed by atoms with Gasteiger partial charge in [0.15, 0.2) is 0 Å². The maximum Gasteiger partial charge on any atom is 0.314 e.